The van der Waals surface area contributed by atoms with Crippen LogP contribution in [0.1, 0.15) is 33.8 Å². The van der Waals surface area contributed by atoms with Crippen molar-refractivity contribution in [2.75, 3.05) is 5.32 Å². The van der Waals surface area contributed by atoms with Gasteiger partial charge in [-0.3, -0.25) is 0 Å². The van der Waals surface area contributed by atoms with Gasteiger partial charge in [0.05, 0.1) is 11.6 Å². The maximum Gasteiger partial charge on any atom is 0.335 e. The molecule has 2 rings (SSSR count). The second-order valence-electron chi connectivity index (χ2n) is 4.67. The van der Waals surface area contributed by atoms with Gasteiger partial charge in [-0.25, -0.2) is 9.59 Å². The molecule has 5 nitrogen and oxygen atoms in total. The summed E-state index contributed by atoms with van der Waals surface area (Å²) in [5.41, 5.74) is 1.50. The molecule has 0 spiro atoms. The molecular weight excluding hydrogens is 288 g/mol. The van der Waals surface area contributed by atoms with Crippen LogP contribution in [0.15, 0.2) is 35.7 Å². The number of urea groups is 1. The molecule has 0 fully saturated rings. The Labute approximate surface area is 126 Å². The number of thiophene rings is 1. The van der Waals surface area contributed by atoms with E-state index in [2.05, 4.69) is 10.6 Å². The molecule has 1 aromatic carbocycles. The highest BCUT2D eigenvalue weighted by Crippen LogP contribution is 2.19. The van der Waals surface area contributed by atoms with Gasteiger partial charge in [0, 0.05) is 10.6 Å². The van der Waals surface area contributed by atoms with E-state index in [0.29, 0.717) is 11.3 Å². The zero-order chi connectivity index (χ0) is 15.4. The van der Waals surface area contributed by atoms with Crippen LogP contribution in [0.2, 0.25) is 0 Å². The summed E-state index contributed by atoms with van der Waals surface area (Å²) in [4.78, 5) is 23.9. The van der Waals surface area contributed by atoms with Crippen LogP contribution in [0.4, 0.5) is 10.5 Å². The molecule has 2 amide bonds. The maximum atomic E-state index is 12.0. The van der Waals surface area contributed by atoms with Crippen molar-refractivity contribution in [3.63, 3.8) is 0 Å². The van der Waals surface area contributed by atoms with Crippen LogP contribution in [-0.4, -0.2) is 17.1 Å². The number of hydrogen-bond acceptors (Lipinski definition) is 3. The summed E-state index contributed by atoms with van der Waals surface area (Å²) in [5.74, 6) is -0.986. The second-order valence-corrected chi connectivity index (χ2v) is 5.65. The highest BCUT2D eigenvalue weighted by atomic mass is 32.1. The Hall–Kier alpha value is -2.34. The second kappa shape index (κ2) is 6.41. The molecule has 1 aromatic heterocycles. The highest BCUT2D eigenvalue weighted by molar-refractivity contribution is 7.10. The van der Waals surface area contributed by atoms with E-state index in [9.17, 15) is 9.59 Å². The van der Waals surface area contributed by atoms with Crippen molar-refractivity contribution in [3.05, 3.63) is 51.7 Å². The van der Waals surface area contributed by atoms with Gasteiger partial charge in [-0.1, -0.05) is 6.07 Å². The molecule has 0 saturated heterocycles. The van der Waals surface area contributed by atoms with E-state index in [4.69, 9.17) is 5.11 Å². The van der Waals surface area contributed by atoms with Crippen molar-refractivity contribution in [1.29, 1.82) is 0 Å². The zero-order valence-corrected chi connectivity index (χ0v) is 12.5. The van der Waals surface area contributed by atoms with E-state index in [1.807, 2.05) is 24.4 Å². The number of carbonyl (C=O) groups excluding carboxylic acids is 1. The average molecular weight is 304 g/mol. The number of aromatic carboxylic acids is 1. The minimum absolute atomic E-state index is 0.0800. The van der Waals surface area contributed by atoms with E-state index in [-0.39, 0.29) is 17.6 Å². The Kier molecular flexibility index (Phi) is 4.59. The van der Waals surface area contributed by atoms with Gasteiger partial charge in [-0.2, -0.15) is 0 Å². The number of carboxylic acid groups (broad SMARTS) is 1. The Morgan fingerprint density at radius 2 is 2.05 bits per heavy atom. The maximum absolute atomic E-state index is 12.0. The molecule has 110 valence electrons. The van der Waals surface area contributed by atoms with Crippen molar-refractivity contribution in [2.24, 2.45) is 0 Å². The Morgan fingerprint density at radius 3 is 2.62 bits per heavy atom. The quantitative estimate of drug-likeness (QED) is 0.807. The monoisotopic (exact) mass is 304 g/mol. The van der Waals surface area contributed by atoms with E-state index >= 15 is 0 Å². The van der Waals surface area contributed by atoms with Gasteiger partial charge in [0.1, 0.15) is 0 Å². The molecule has 0 aliphatic rings. The Bertz CT molecular complexity index is 653. The zero-order valence-electron chi connectivity index (χ0n) is 11.7. The molecule has 0 bridgehead atoms. The van der Waals surface area contributed by atoms with Gasteiger partial charge in [-0.05, 0) is 49.1 Å². The summed E-state index contributed by atoms with van der Waals surface area (Å²) in [5, 5.41) is 16.4. The van der Waals surface area contributed by atoms with Gasteiger partial charge >= 0.3 is 12.0 Å². The van der Waals surface area contributed by atoms with Crippen LogP contribution in [0.5, 0.6) is 0 Å². The fourth-order valence-electron chi connectivity index (χ4n) is 1.90. The molecule has 2 aromatic rings. The topological polar surface area (TPSA) is 78.4 Å². The van der Waals surface area contributed by atoms with E-state index in [1.165, 1.54) is 12.1 Å². The predicted molar refractivity (Wildman–Crippen MR) is 83.0 cm³/mol. The van der Waals surface area contributed by atoms with Crippen molar-refractivity contribution in [3.8, 4) is 0 Å². The minimum Gasteiger partial charge on any atom is -0.478 e. The molecule has 6 heteroatoms. The fourth-order valence-corrected chi connectivity index (χ4v) is 2.64. The van der Waals surface area contributed by atoms with Crippen LogP contribution in [-0.2, 0) is 0 Å². The van der Waals surface area contributed by atoms with E-state index in [0.717, 1.165) is 4.88 Å². The summed E-state index contributed by atoms with van der Waals surface area (Å²) in [6, 6.07) is 8.08. The summed E-state index contributed by atoms with van der Waals surface area (Å²) in [6.07, 6.45) is 0. The van der Waals surface area contributed by atoms with Crippen LogP contribution in [0.25, 0.3) is 0 Å². The molecular formula is C15H16N2O3S. The number of carboxylic acids is 1. The normalized spacial score (nSPS) is 11.7. The SMILES string of the molecule is Cc1cc(C(=O)O)ccc1NC(=O)NC(C)c1cccs1. The number of anilines is 1. The van der Waals surface area contributed by atoms with Crippen molar-refractivity contribution < 1.29 is 14.7 Å². The summed E-state index contributed by atoms with van der Waals surface area (Å²) in [6.45, 7) is 3.66. The summed E-state index contributed by atoms with van der Waals surface area (Å²) >= 11 is 1.58. The standard InChI is InChI=1S/C15H16N2O3S/c1-9-8-11(14(18)19)5-6-12(9)17-15(20)16-10(2)13-4-3-7-21-13/h3-8,10H,1-2H3,(H,18,19)(H2,16,17,20). The number of rotatable bonds is 4. The largest absolute Gasteiger partial charge is 0.478 e. The number of nitrogens with one attached hydrogen (secondary N) is 2. The van der Waals surface area contributed by atoms with Crippen LogP contribution in [0, 0.1) is 6.92 Å². The van der Waals surface area contributed by atoms with E-state index < -0.39 is 5.97 Å². The van der Waals surface area contributed by atoms with Gasteiger partial charge in [0.15, 0.2) is 0 Å². The van der Waals surface area contributed by atoms with Gasteiger partial charge in [0.25, 0.3) is 0 Å². The highest BCUT2D eigenvalue weighted by Gasteiger charge is 2.12. The van der Waals surface area contributed by atoms with Gasteiger partial charge < -0.3 is 15.7 Å². The fraction of sp³-hybridized carbons (Fsp3) is 0.200. The van der Waals surface area contributed by atoms with Crippen LogP contribution < -0.4 is 10.6 Å². The lowest BCUT2D eigenvalue weighted by molar-refractivity contribution is 0.0697. The molecule has 0 aliphatic carbocycles. The van der Waals surface area contributed by atoms with Gasteiger partial charge in [0.2, 0.25) is 0 Å². The van der Waals surface area contributed by atoms with Gasteiger partial charge in [-0.15, -0.1) is 11.3 Å². The first-order chi connectivity index (χ1) is 9.97. The molecule has 1 atom stereocenters. The first-order valence-corrected chi connectivity index (χ1v) is 7.30. The first-order valence-electron chi connectivity index (χ1n) is 6.42. The molecule has 0 aliphatic heterocycles. The lowest BCUT2D eigenvalue weighted by Gasteiger charge is -2.14. The number of amides is 2. The Morgan fingerprint density at radius 1 is 1.29 bits per heavy atom. The minimum atomic E-state index is -0.986. The number of benzene rings is 1. The third kappa shape index (κ3) is 3.82. The first kappa shape index (κ1) is 15.1. The number of hydrogen-bond donors (Lipinski definition) is 3. The molecule has 0 saturated carbocycles. The van der Waals surface area contributed by atoms with Crippen molar-refractivity contribution >= 4 is 29.0 Å². The smallest absolute Gasteiger partial charge is 0.335 e. The number of aryl methyl sites for hydroxylation is 1. The van der Waals surface area contributed by atoms with Crippen molar-refractivity contribution in [1.82, 2.24) is 5.32 Å². The van der Waals surface area contributed by atoms with Crippen LogP contribution >= 0.6 is 11.3 Å². The third-order valence-corrected chi connectivity index (χ3v) is 4.09. The average Bonchev–Trinajstić information content (AvgIpc) is 2.94. The molecule has 21 heavy (non-hydrogen) atoms. The molecule has 3 N–H and O–H groups in total. The molecule has 1 unspecified atom stereocenters. The van der Waals surface area contributed by atoms with Crippen molar-refractivity contribution in [2.45, 2.75) is 19.9 Å². The predicted octanol–water partition coefficient (Wildman–Crippen LogP) is 3.64. The van der Waals surface area contributed by atoms with E-state index in [1.54, 1.807) is 24.3 Å². The molecule has 1 heterocycles. The summed E-state index contributed by atoms with van der Waals surface area (Å²) in [7, 11) is 0. The van der Waals surface area contributed by atoms with Crippen LogP contribution in [0.3, 0.4) is 0 Å². The number of carbonyl (C=O) groups is 2. The molecule has 0 radical (unpaired) electrons. The lowest BCUT2D eigenvalue weighted by Crippen LogP contribution is -2.31. The third-order valence-electron chi connectivity index (χ3n) is 3.04. The lowest BCUT2D eigenvalue weighted by atomic mass is 10.1. The Balaban J connectivity index is 2.01. The summed E-state index contributed by atoms with van der Waals surface area (Å²) < 4.78 is 0.